The van der Waals surface area contributed by atoms with E-state index in [0.29, 0.717) is 11.8 Å². The fourth-order valence-electron chi connectivity index (χ4n) is 2.29. The molecule has 26 heavy (non-hydrogen) atoms. The minimum absolute atomic E-state index is 0.107. The number of rotatable bonds is 2. The first-order valence-electron chi connectivity index (χ1n) is 8.42. The molecular weight excluding hydrogens is 344 g/mol. The van der Waals surface area contributed by atoms with Crippen molar-refractivity contribution in [2.45, 2.75) is 45.6 Å². The van der Waals surface area contributed by atoms with E-state index in [1.807, 2.05) is 24.3 Å². The van der Waals surface area contributed by atoms with Crippen molar-refractivity contribution in [3.63, 3.8) is 0 Å². The van der Waals surface area contributed by atoms with Crippen molar-refractivity contribution >= 4 is 11.3 Å². The Morgan fingerprint density at radius 1 is 0.923 bits per heavy atom. The number of hydrogen-bond donors (Lipinski definition) is 1. The number of nitrogens with zero attached hydrogens (tertiary/aromatic N) is 2. The predicted octanol–water partition coefficient (Wildman–Crippen LogP) is 4.89. The first-order chi connectivity index (χ1) is 12.1. The Balaban J connectivity index is 1.82. The highest BCUT2D eigenvalue weighted by Crippen LogP contribution is 2.30. The number of hydrogen-bond acceptors (Lipinski definition) is 5. The van der Waals surface area contributed by atoms with Gasteiger partial charge in [-0.15, -0.1) is 21.5 Å². The van der Waals surface area contributed by atoms with Crippen molar-refractivity contribution in [1.29, 1.82) is 0 Å². The highest BCUT2D eigenvalue weighted by molar-refractivity contribution is 7.15. The van der Waals surface area contributed by atoms with E-state index in [9.17, 15) is 5.11 Å². The number of thiophene rings is 1. The summed E-state index contributed by atoms with van der Waals surface area (Å²) in [6, 6.07) is 12.0. The van der Waals surface area contributed by atoms with Crippen LogP contribution in [0.15, 0.2) is 40.8 Å². The normalized spacial score (nSPS) is 11.9. The van der Waals surface area contributed by atoms with E-state index in [1.54, 1.807) is 13.8 Å². The molecule has 0 saturated carbocycles. The molecule has 0 bridgehead atoms. The van der Waals surface area contributed by atoms with Gasteiger partial charge in [0.25, 0.3) is 5.89 Å². The van der Waals surface area contributed by atoms with E-state index in [2.05, 4.69) is 54.9 Å². The van der Waals surface area contributed by atoms with Crippen LogP contribution in [0.2, 0.25) is 0 Å². The Labute approximate surface area is 157 Å². The number of aliphatic hydroxyl groups is 1. The fraction of sp³-hybridized carbons (Fsp3) is 0.333. The zero-order valence-corrected chi connectivity index (χ0v) is 16.4. The summed E-state index contributed by atoms with van der Waals surface area (Å²) in [5.41, 5.74) is 1.25. The van der Waals surface area contributed by atoms with Crippen molar-refractivity contribution < 1.29 is 9.52 Å². The average molecular weight is 366 g/mol. The molecule has 0 aliphatic rings. The summed E-state index contributed by atoms with van der Waals surface area (Å²) < 4.78 is 5.83. The summed E-state index contributed by atoms with van der Waals surface area (Å²) in [6.07, 6.45) is 0. The molecule has 2 aromatic heterocycles. The largest absolute Gasteiger partial charge is 0.415 e. The summed E-state index contributed by atoms with van der Waals surface area (Å²) in [7, 11) is 0. The second-order valence-corrected chi connectivity index (χ2v) is 8.80. The molecule has 3 aromatic rings. The summed E-state index contributed by atoms with van der Waals surface area (Å²) in [5.74, 6) is 6.73. The van der Waals surface area contributed by atoms with Crippen LogP contribution in [0.5, 0.6) is 0 Å². The first kappa shape index (κ1) is 18.4. The molecule has 0 atom stereocenters. The molecule has 5 heteroatoms. The van der Waals surface area contributed by atoms with Gasteiger partial charge in [-0.1, -0.05) is 44.7 Å². The average Bonchev–Trinajstić information content (AvgIpc) is 3.21. The van der Waals surface area contributed by atoms with E-state index in [1.165, 1.54) is 16.9 Å². The second-order valence-electron chi connectivity index (χ2n) is 7.71. The molecule has 1 N–H and O–H groups in total. The molecule has 0 amide bonds. The van der Waals surface area contributed by atoms with E-state index in [4.69, 9.17) is 4.42 Å². The molecule has 134 valence electrons. The lowest BCUT2D eigenvalue weighted by atomic mass is 9.87. The van der Waals surface area contributed by atoms with Crippen LogP contribution in [0.25, 0.3) is 22.2 Å². The van der Waals surface area contributed by atoms with Crippen molar-refractivity contribution in [2.75, 3.05) is 0 Å². The van der Waals surface area contributed by atoms with Crippen LogP contribution >= 0.6 is 11.3 Å². The molecule has 4 nitrogen and oxygen atoms in total. The van der Waals surface area contributed by atoms with Crippen LogP contribution in [0.3, 0.4) is 0 Å². The Bertz CT molecular complexity index is 958. The van der Waals surface area contributed by atoms with Crippen molar-refractivity contribution in [3.8, 4) is 34.1 Å². The molecule has 0 saturated heterocycles. The van der Waals surface area contributed by atoms with Gasteiger partial charge in [0.15, 0.2) is 0 Å². The van der Waals surface area contributed by atoms with Gasteiger partial charge in [0.05, 0.1) is 9.75 Å². The number of aromatic nitrogens is 2. The van der Waals surface area contributed by atoms with Gasteiger partial charge in [0.1, 0.15) is 5.60 Å². The molecule has 0 fully saturated rings. The van der Waals surface area contributed by atoms with E-state index in [-0.39, 0.29) is 5.41 Å². The fourth-order valence-corrected chi connectivity index (χ4v) is 3.07. The smallest absolute Gasteiger partial charge is 0.258 e. The third-order valence-electron chi connectivity index (χ3n) is 3.73. The topological polar surface area (TPSA) is 59.2 Å². The molecule has 0 spiro atoms. The first-order valence-corrected chi connectivity index (χ1v) is 9.24. The molecule has 0 radical (unpaired) electrons. The van der Waals surface area contributed by atoms with Crippen LogP contribution in [0, 0.1) is 11.8 Å². The third kappa shape index (κ3) is 4.40. The van der Waals surface area contributed by atoms with E-state index >= 15 is 0 Å². The lowest BCUT2D eigenvalue weighted by Crippen LogP contribution is -2.14. The van der Waals surface area contributed by atoms with Gasteiger partial charge < -0.3 is 9.52 Å². The van der Waals surface area contributed by atoms with Gasteiger partial charge >= 0.3 is 0 Å². The quantitative estimate of drug-likeness (QED) is 0.656. The lowest BCUT2D eigenvalue weighted by molar-refractivity contribution is 0.143. The predicted molar refractivity (Wildman–Crippen MR) is 105 cm³/mol. The van der Waals surface area contributed by atoms with Gasteiger partial charge in [-0.25, -0.2) is 0 Å². The molecule has 2 heterocycles. The molecular formula is C21H22N2O2S. The maximum absolute atomic E-state index is 9.69. The Morgan fingerprint density at radius 3 is 2.19 bits per heavy atom. The maximum Gasteiger partial charge on any atom is 0.258 e. The molecule has 0 aliphatic carbocycles. The molecule has 0 unspecified atom stereocenters. The van der Waals surface area contributed by atoms with Gasteiger partial charge in [0, 0.05) is 5.56 Å². The van der Waals surface area contributed by atoms with Crippen molar-refractivity contribution in [3.05, 3.63) is 46.8 Å². The van der Waals surface area contributed by atoms with Crippen molar-refractivity contribution in [1.82, 2.24) is 10.2 Å². The summed E-state index contributed by atoms with van der Waals surface area (Å²) >= 11 is 1.46. The Kier molecular flexibility index (Phi) is 4.74. The zero-order valence-electron chi connectivity index (χ0n) is 15.6. The summed E-state index contributed by atoms with van der Waals surface area (Å²) in [4.78, 5) is 1.70. The second kappa shape index (κ2) is 6.71. The van der Waals surface area contributed by atoms with Gasteiger partial charge in [-0.2, -0.15) is 0 Å². The molecule has 3 rings (SSSR count). The highest BCUT2D eigenvalue weighted by atomic mass is 32.1. The Hall–Kier alpha value is -2.42. The van der Waals surface area contributed by atoms with Crippen LogP contribution < -0.4 is 0 Å². The highest BCUT2D eigenvalue weighted by Gasteiger charge is 2.16. The lowest BCUT2D eigenvalue weighted by Gasteiger charge is -2.18. The SMILES string of the molecule is CC(C)(O)C#Cc1ccc(-c2nnc(-c3ccc(C(C)(C)C)cc3)o2)s1. The van der Waals surface area contributed by atoms with Crippen molar-refractivity contribution in [2.24, 2.45) is 0 Å². The van der Waals surface area contributed by atoms with Crippen LogP contribution in [-0.2, 0) is 5.41 Å². The monoisotopic (exact) mass is 366 g/mol. The maximum atomic E-state index is 9.69. The minimum atomic E-state index is -1.01. The van der Waals surface area contributed by atoms with Crippen LogP contribution in [0.1, 0.15) is 45.1 Å². The zero-order chi connectivity index (χ0) is 18.9. The Morgan fingerprint density at radius 2 is 1.58 bits per heavy atom. The standard InChI is InChI=1S/C21H22N2O2S/c1-20(2,3)15-8-6-14(7-9-15)18-22-23-19(25-18)17-11-10-16(26-17)12-13-21(4,5)24/h6-11,24H,1-5H3. The molecule has 1 aromatic carbocycles. The van der Waals surface area contributed by atoms with Crippen LogP contribution in [-0.4, -0.2) is 20.9 Å². The number of benzene rings is 1. The van der Waals surface area contributed by atoms with E-state index < -0.39 is 5.60 Å². The van der Waals surface area contributed by atoms with E-state index in [0.717, 1.165) is 15.3 Å². The minimum Gasteiger partial charge on any atom is -0.415 e. The third-order valence-corrected chi connectivity index (χ3v) is 4.72. The van der Waals surface area contributed by atoms with Gasteiger partial charge in [-0.3, -0.25) is 0 Å². The summed E-state index contributed by atoms with van der Waals surface area (Å²) in [6.45, 7) is 9.86. The van der Waals surface area contributed by atoms with Gasteiger partial charge in [0.2, 0.25) is 5.89 Å². The van der Waals surface area contributed by atoms with Crippen LogP contribution in [0.4, 0.5) is 0 Å². The molecule has 0 aliphatic heterocycles. The summed E-state index contributed by atoms with van der Waals surface area (Å²) in [5, 5.41) is 18.0. The van der Waals surface area contributed by atoms with Gasteiger partial charge in [-0.05, 0) is 49.1 Å².